The summed E-state index contributed by atoms with van der Waals surface area (Å²) >= 11 is 5.94. The molecule has 0 atom stereocenters. The van der Waals surface area contributed by atoms with E-state index in [4.69, 9.17) is 16.7 Å². The van der Waals surface area contributed by atoms with E-state index in [1.807, 2.05) is 6.07 Å². The van der Waals surface area contributed by atoms with Crippen molar-refractivity contribution in [3.05, 3.63) is 47.0 Å². The van der Waals surface area contributed by atoms with Gasteiger partial charge in [0.2, 0.25) is 0 Å². The highest BCUT2D eigenvalue weighted by Crippen LogP contribution is 2.25. The topological polar surface area (TPSA) is 37.3 Å². The van der Waals surface area contributed by atoms with Crippen LogP contribution in [0.25, 0.3) is 10.8 Å². The van der Waals surface area contributed by atoms with Crippen LogP contribution in [0.4, 0.5) is 0 Å². The van der Waals surface area contributed by atoms with Crippen LogP contribution in [-0.2, 0) is 0 Å². The summed E-state index contributed by atoms with van der Waals surface area (Å²) in [6.45, 7) is 0. The third-order valence-electron chi connectivity index (χ3n) is 2.10. The molecule has 2 aromatic carbocycles. The fourth-order valence-electron chi connectivity index (χ4n) is 1.46. The van der Waals surface area contributed by atoms with Gasteiger partial charge in [-0.2, -0.15) is 0 Å². The van der Waals surface area contributed by atoms with Crippen LogP contribution >= 0.6 is 11.6 Å². The van der Waals surface area contributed by atoms with Crippen molar-refractivity contribution in [2.75, 3.05) is 0 Å². The first-order valence-corrected chi connectivity index (χ1v) is 4.48. The second-order valence-electron chi connectivity index (χ2n) is 2.95. The maximum absolute atomic E-state index is 10.9. The van der Waals surface area contributed by atoms with Gasteiger partial charge in [0.1, 0.15) is 0 Å². The number of hydrogen-bond acceptors (Lipinski definition) is 1. The van der Waals surface area contributed by atoms with Gasteiger partial charge in [0.25, 0.3) is 0 Å². The van der Waals surface area contributed by atoms with E-state index in [9.17, 15) is 4.79 Å². The van der Waals surface area contributed by atoms with Crippen molar-refractivity contribution in [2.24, 2.45) is 0 Å². The number of carbonyl (C=O) groups is 1. The zero-order chi connectivity index (χ0) is 10.1. The van der Waals surface area contributed by atoms with Crippen molar-refractivity contribution in [3.8, 4) is 0 Å². The Morgan fingerprint density at radius 3 is 2.33 bits per heavy atom. The molecule has 2 rings (SSSR count). The largest absolute Gasteiger partial charge is 0.478 e. The van der Waals surface area contributed by atoms with Crippen molar-refractivity contribution in [1.29, 1.82) is 0 Å². The molecule has 76 valence electrons. The lowest BCUT2D eigenvalue weighted by Crippen LogP contribution is -1.96. The lowest BCUT2D eigenvalue weighted by atomic mass is 10.0. The maximum atomic E-state index is 10.9. The molecule has 0 radical (unpaired) electrons. The van der Waals surface area contributed by atoms with Gasteiger partial charge in [0.15, 0.2) is 17.4 Å². The average Bonchev–Trinajstić information content (AvgIpc) is 2.17. The molecule has 0 saturated heterocycles. The van der Waals surface area contributed by atoms with Gasteiger partial charge in [-0.1, -0.05) is 35.9 Å². The van der Waals surface area contributed by atoms with Crippen LogP contribution in [-0.4, -0.2) is 28.4 Å². The van der Waals surface area contributed by atoms with Crippen molar-refractivity contribution in [1.82, 2.24) is 0 Å². The molecule has 0 bridgehead atoms. The van der Waals surface area contributed by atoms with Crippen LogP contribution in [0.1, 0.15) is 10.4 Å². The van der Waals surface area contributed by atoms with Gasteiger partial charge >= 0.3 is 5.97 Å². The molecular weight excluding hydrogens is 227 g/mol. The minimum Gasteiger partial charge on any atom is -0.478 e. The van der Waals surface area contributed by atoms with E-state index >= 15 is 0 Å². The predicted molar refractivity (Wildman–Crippen MR) is 65.9 cm³/mol. The van der Waals surface area contributed by atoms with Crippen molar-refractivity contribution in [3.63, 3.8) is 0 Å². The lowest BCUT2D eigenvalue weighted by molar-refractivity contribution is 0.0699. The Bertz CT molecular complexity index is 511. The molecule has 2 nitrogen and oxygen atoms in total. The van der Waals surface area contributed by atoms with Gasteiger partial charge in [0, 0.05) is 10.4 Å². The predicted octanol–water partition coefficient (Wildman–Crippen LogP) is 2.01. The zero-order valence-corrected chi connectivity index (χ0v) is 7.95. The maximum Gasteiger partial charge on any atom is 0.336 e. The second-order valence-corrected chi connectivity index (χ2v) is 3.35. The summed E-state index contributed by atoms with van der Waals surface area (Å²) in [5.74, 6) is -0.933. The van der Waals surface area contributed by atoms with Gasteiger partial charge in [-0.05, 0) is 17.5 Å². The van der Waals surface area contributed by atoms with Crippen molar-refractivity contribution < 1.29 is 9.90 Å². The fourth-order valence-corrected chi connectivity index (χ4v) is 1.70. The van der Waals surface area contributed by atoms with E-state index in [0.29, 0.717) is 10.4 Å². The van der Waals surface area contributed by atoms with Crippen LogP contribution in [0.2, 0.25) is 5.02 Å². The summed E-state index contributed by atoms with van der Waals surface area (Å²) in [4.78, 5) is 10.9. The molecule has 0 heterocycles. The standard InChI is InChI=1S/C11H7ClO2.Al.3H/c12-10-6-2-3-7-8(10)4-1-5-9(7)11(13)14;;;;/h1-6H,(H,13,14);;;;. The number of aromatic carboxylic acids is 1. The van der Waals surface area contributed by atoms with Gasteiger partial charge in [-0.3, -0.25) is 0 Å². The van der Waals surface area contributed by atoms with E-state index in [2.05, 4.69) is 0 Å². The Labute approximate surface area is 103 Å². The monoisotopic (exact) mass is 236 g/mol. The van der Waals surface area contributed by atoms with E-state index in [1.54, 1.807) is 30.3 Å². The Balaban J connectivity index is 0.00000112. The van der Waals surface area contributed by atoms with Crippen LogP contribution in [0.15, 0.2) is 36.4 Å². The number of fused-ring (bicyclic) bond motifs is 1. The highest BCUT2D eigenvalue weighted by molar-refractivity contribution is 6.35. The molecule has 2 aromatic rings. The van der Waals surface area contributed by atoms with Gasteiger partial charge in [-0.15, -0.1) is 0 Å². The first-order valence-electron chi connectivity index (χ1n) is 4.10. The number of hydrogen-bond donors (Lipinski definition) is 1. The van der Waals surface area contributed by atoms with E-state index in [0.717, 1.165) is 5.39 Å². The normalized spacial score (nSPS) is 9.67. The van der Waals surface area contributed by atoms with Gasteiger partial charge < -0.3 is 5.11 Å². The zero-order valence-electron chi connectivity index (χ0n) is 7.20. The first kappa shape index (κ1) is 12.1. The molecule has 0 spiro atoms. The average molecular weight is 237 g/mol. The first-order chi connectivity index (χ1) is 6.70. The van der Waals surface area contributed by atoms with Gasteiger partial charge in [0.05, 0.1) is 5.56 Å². The SMILES string of the molecule is O=C(O)c1cccc2c(Cl)cccc12.[AlH3]. The number of halogens is 1. The summed E-state index contributed by atoms with van der Waals surface area (Å²) in [6, 6.07) is 10.3. The third kappa shape index (κ3) is 2.15. The molecule has 0 aliphatic carbocycles. The summed E-state index contributed by atoms with van der Waals surface area (Å²) in [7, 11) is 0. The summed E-state index contributed by atoms with van der Waals surface area (Å²) in [5, 5.41) is 11.0. The van der Waals surface area contributed by atoms with Crippen LogP contribution in [0.3, 0.4) is 0 Å². The highest BCUT2D eigenvalue weighted by Gasteiger charge is 2.08. The number of carboxylic acids is 1. The second kappa shape index (κ2) is 4.67. The summed E-state index contributed by atoms with van der Waals surface area (Å²) < 4.78 is 0. The van der Waals surface area contributed by atoms with Gasteiger partial charge in [-0.25, -0.2) is 4.79 Å². The Hall–Kier alpha value is -1.01. The molecular formula is C11H10AlClO2. The Morgan fingerprint density at radius 1 is 1.07 bits per heavy atom. The highest BCUT2D eigenvalue weighted by atomic mass is 35.5. The van der Waals surface area contributed by atoms with E-state index in [-0.39, 0.29) is 22.9 Å². The number of rotatable bonds is 1. The summed E-state index contributed by atoms with van der Waals surface area (Å²) in [6.07, 6.45) is 0. The third-order valence-corrected chi connectivity index (χ3v) is 2.43. The fraction of sp³-hybridized carbons (Fsp3) is 0. The lowest BCUT2D eigenvalue weighted by Gasteiger charge is -2.02. The minimum atomic E-state index is -0.933. The van der Waals surface area contributed by atoms with E-state index in [1.165, 1.54) is 0 Å². The molecule has 0 fully saturated rings. The van der Waals surface area contributed by atoms with Crippen LogP contribution in [0.5, 0.6) is 0 Å². The Morgan fingerprint density at radius 2 is 1.67 bits per heavy atom. The molecule has 0 unspecified atom stereocenters. The van der Waals surface area contributed by atoms with Crippen molar-refractivity contribution >= 4 is 45.7 Å². The summed E-state index contributed by atoms with van der Waals surface area (Å²) in [5.41, 5.74) is 0.282. The minimum absolute atomic E-state index is 0. The smallest absolute Gasteiger partial charge is 0.336 e. The van der Waals surface area contributed by atoms with Crippen LogP contribution < -0.4 is 0 Å². The molecule has 0 aliphatic heterocycles. The molecule has 0 aromatic heterocycles. The number of carboxylic acid groups (broad SMARTS) is 1. The molecule has 1 N–H and O–H groups in total. The molecule has 0 saturated carbocycles. The molecule has 4 heteroatoms. The van der Waals surface area contributed by atoms with E-state index < -0.39 is 5.97 Å². The van der Waals surface area contributed by atoms with Crippen LogP contribution in [0, 0.1) is 0 Å². The number of benzene rings is 2. The Kier molecular flexibility index (Phi) is 3.76. The molecule has 15 heavy (non-hydrogen) atoms. The molecule has 0 aliphatic rings. The quantitative estimate of drug-likeness (QED) is 0.769. The van der Waals surface area contributed by atoms with Crippen molar-refractivity contribution in [2.45, 2.75) is 0 Å². The molecule has 0 amide bonds.